The molecule has 0 saturated heterocycles. The van der Waals surface area contributed by atoms with Gasteiger partial charge in [-0.3, -0.25) is 0 Å². The largest absolute Gasteiger partial charge is 0.396 e. The lowest BCUT2D eigenvalue weighted by Gasteiger charge is -1.98. The molecule has 0 fully saturated rings. The molecule has 0 radical (unpaired) electrons. The second-order valence-electron chi connectivity index (χ2n) is 2.48. The summed E-state index contributed by atoms with van der Waals surface area (Å²) in [5.74, 6) is 0. The van der Waals surface area contributed by atoms with Gasteiger partial charge < -0.3 is 9.84 Å². The molecule has 16 heavy (non-hydrogen) atoms. The van der Waals surface area contributed by atoms with E-state index in [9.17, 15) is 0 Å². The fraction of sp³-hybridized carbons (Fsp3) is 1.00. The zero-order valence-electron chi connectivity index (χ0n) is 6.81. The zero-order valence-corrected chi connectivity index (χ0v) is 6.81. The number of ether oxygens (including phenoxy) is 1. The van der Waals surface area contributed by atoms with Crippen LogP contribution in [0.3, 0.4) is 0 Å². The monoisotopic (exact) mass is 242 g/mol. The molecule has 0 aromatic rings. The van der Waals surface area contributed by atoms with Gasteiger partial charge in [-0.15, -0.1) is 0 Å². The summed E-state index contributed by atoms with van der Waals surface area (Å²) in [5.41, 5.74) is 0. The molecule has 0 aliphatic carbocycles. The maximum Gasteiger partial charge on any atom is 0.0462 e. The third-order valence-corrected chi connectivity index (χ3v) is 1.51. The Hall–Kier alpha value is -0.0800. The van der Waals surface area contributed by atoms with E-state index in [1.165, 1.54) is 12.8 Å². The molecular formula is C14H42O2. The first kappa shape index (κ1) is 44.5. The lowest BCUT2D eigenvalue weighted by molar-refractivity contribution is 0.191. The van der Waals surface area contributed by atoms with Gasteiger partial charge in [0.2, 0.25) is 0 Å². The first-order chi connectivity index (χ1) is 4.91. The fourth-order valence-electron chi connectivity index (χ4n) is 0.889. The van der Waals surface area contributed by atoms with E-state index in [0.717, 1.165) is 25.9 Å². The van der Waals surface area contributed by atoms with Crippen molar-refractivity contribution in [2.24, 2.45) is 0 Å². The van der Waals surface area contributed by atoms with Crippen LogP contribution in [0.2, 0.25) is 0 Å². The Balaban J connectivity index is -0.0000000270. The van der Waals surface area contributed by atoms with Crippen LogP contribution in [0, 0.1) is 0 Å². The number of methoxy groups -OCH3 is 1. The molecule has 0 aromatic heterocycles. The van der Waals surface area contributed by atoms with Crippen LogP contribution < -0.4 is 0 Å². The number of rotatable bonds is 7. The van der Waals surface area contributed by atoms with Gasteiger partial charge in [-0.2, -0.15) is 0 Å². The summed E-state index contributed by atoms with van der Waals surface area (Å²) < 4.78 is 4.90. The summed E-state index contributed by atoms with van der Waals surface area (Å²) in [6, 6.07) is 0. The van der Waals surface area contributed by atoms with Crippen LogP contribution >= 0.6 is 0 Å². The van der Waals surface area contributed by atoms with Crippen molar-refractivity contribution in [2.45, 2.75) is 76.7 Å². The van der Waals surface area contributed by atoms with E-state index in [1.54, 1.807) is 7.11 Å². The second-order valence-corrected chi connectivity index (χ2v) is 2.48. The van der Waals surface area contributed by atoms with Crippen molar-refractivity contribution in [3.05, 3.63) is 0 Å². The molecule has 0 rings (SSSR count). The van der Waals surface area contributed by atoms with Crippen LogP contribution in [0.1, 0.15) is 76.7 Å². The van der Waals surface area contributed by atoms with E-state index in [2.05, 4.69) is 0 Å². The number of aliphatic hydroxyl groups is 1. The average molecular weight is 242 g/mol. The highest BCUT2D eigenvalue weighted by molar-refractivity contribution is 4.42. The minimum absolute atomic E-state index is 0. The minimum Gasteiger partial charge on any atom is -0.396 e. The SMILES string of the molecule is C.C.C.C.C.C.COCCCCCCCO. The molecule has 0 heterocycles. The molecule has 0 spiro atoms. The lowest BCUT2D eigenvalue weighted by Crippen LogP contribution is -1.89. The van der Waals surface area contributed by atoms with Gasteiger partial charge in [0.1, 0.15) is 0 Å². The number of hydrogen-bond acceptors (Lipinski definition) is 2. The molecule has 2 nitrogen and oxygen atoms in total. The van der Waals surface area contributed by atoms with Gasteiger partial charge in [-0.05, 0) is 12.8 Å². The Morgan fingerprint density at radius 1 is 0.688 bits per heavy atom. The topological polar surface area (TPSA) is 29.5 Å². The molecule has 110 valence electrons. The quantitative estimate of drug-likeness (QED) is 0.606. The molecule has 0 aromatic carbocycles. The van der Waals surface area contributed by atoms with Gasteiger partial charge in [-0.25, -0.2) is 0 Å². The lowest BCUT2D eigenvalue weighted by atomic mass is 10.1. The van der Waals surface area contributed by atoms with Gasteiger partial charge >= 0.3 is 0 Å². The van der Waals surface area contributed by atoms with Crippen molar-refractivity contribution in [3.63, 3.8) is 0 Å². The number of aliphatic hydroxyl groups excluding tert-OH is 1. The summed E-state index contributed by atoms with van der Waals surface area (Å²) in [6.45, 7) is 1.21. The summed E-state index contributed by atoms with van der Waals surface area (Å²) in [5, 5.41) is 8.44. The van der Waals surface area contributed by atoms with Crippen LogP contribution in [0.4, 0.5) is 0 Å². The van der Waals surface area contributed by atoms with Crippen molar-refractivity contribution in [2.75, 3.05) is 20.3 Å². The number of unbranched alkanes of at least 4 members (excludes halogenated alkanes) is 4. The van der Waals surface area contributed by atoms with Crippen molar-refractivity contribution in [3.8, 4) is 0 Å². The van der Waals surface area contributed by atoms with Crippen molar-refractivity contribution >= 4 is 0 Å². The Morgan fingerprint density at radius 3 is 1.44 bits per heavy atom. The highest BCUT2D eigenvalue weighted by Crippen LogP contribution is 2.01. The predicted octanol–water partition coefficient (Wildman–Crippen LogP) is 5.39. The highest BCUT2D eigenvalue weighted by atomic mass is 16.5. The van der Waals surface area contributed by atoms with E-state index in [-0.39, 0.29) is 44.6 Å². The average Bonchev–Trinajstić information content (AvgIpc) is 1.97. The maximum atomic E-state index is 8.44. The molecule has 0 aliphatic rings. The zero-order chi connectivity index (χ0) is 7.66. The predicted molar refractivity (Wildman–Crippen MR) is 82.4 cm³/mol. The third-order valence-electron chi connectivity index (χ3n) is 1.51. The first-order valence-corrected chi connectivity index (χ1v) is 4.01. The molecule has 0 atom stereocenters. The Labute approximate surface area is 107 Å². The van der Waals surface area contributed by atoms with Crippen LogP contribution in [0.5, 0.6) is 0 Å². The van der Waals surface area contributed by atoms with Gasteiger partial charge in [0, 0.05) is 20.3 Å². The third kappa shape index (κ3) is 48.5. The molecule has 0 bridgehead atoms. The van der Waals surface area contributed by atoms with E-state index in [1.807, 2.05) is 0 Å². The molecular weight excluding hydrogens is 200 g/mol. The van der Waals surface area contributed by atoms with Crippen molar-refractivity contribution in [1.29, 1.82) is 0 Å². The molecule has 2 heteroatoms. The van der Waals surface area contributed by atoms with Crippen LogP contribution in [-0.2, 0) is 4.74 Å². The summed E-state index contributed by atoms with van der Waals surface area (Å²) in [7, 11) is 1.73. The van der Waals surface area contributed by atoms with Crippen LogP contribution in [0.15, 0.2) is 0 Å². The van der Waals surface area contributed by atoms with Crippen molar-refractivity contribution < 1.29 is 9.84 Å². The van der Waals surface area contributed by atoms with Gasteiger partial charge in [0.25, 0.3) is 0 Å². The Morgan fingerprint density at radius 2 is 1.06 bits per heavy atom. The van der Waals surface area contributed by atoms with Gasteiger partial charge in [-0.1, -0.05) is 63.8 Å². The molecule has 0 unspecified atom stereocenters. The molecule has 0 saturated carbocycles. The fourth-order valence-corrected chi connectivity index (χ4v) is 0.889. The highest BCUT2D eigenvalue weighted by Gasteiger charge is 1.88. The Bertz CT molecular complexity index is 48.7. The van der Waals surface area contributed by atoms with E-state index in [4.69, 9.17) is 9.84 Å². The maximum absolute atomic E-state index is 8.44. The second kappa shape index (κ2) is 46.1. The normalized spacial score (nSPS) is 6.38. The number of hydrogen-bond donors (Lipinski definition) is 1. The van der Waals surface area contributed by atoms with Crippen LogP contribution in [0.25, 0.3) is 0 Å². The summed E-state index contributed by atoms with van der Waals surface area (Å²) in [4.78, 5) is 0. The van der Waals surface area contributed by atoms with E-state index in [0.29, 0.717) is 6.61 Å². The Kier molecular flexibility index (Phi) is 128. The summed E-state index contributed by atoms with van der Waals surface area (Å²) >= 11 is 0. The summed E-state index contributed by atoms with van der Waals surface area (Å²) in [6.07, 6.45) is 5.72. The van der Waals surface area contributed by atoms with Gasteiger partial charge in [0.05, 0.1) is 0 Å². The molecule has 0 amide bonds. The van der Waals surface area contributed by atoms with E-state index < -0.39 is 0 Å². The first-order valence-electron chi connectivity index (χ1n) is 4.01. The smallest absolute Gasteiger partial charge is 0.0462 e. The standard InChI is InChI=1S/C8H18O2.6CH4/c1-10-8-6-4-2-3-5-7-9;;;;;;/h9H,2-8H2,1H3;6*1H4. The van der Waals surface area contributed by atoms with Crippen LogP contribution in [-0.4, -0.2) is 25.4 Å². The van der Waals surface area contributed by atoms with Gasteiger partial charge in [0.15, 0.2) is 0 Å². The minimum atomic E-state index is 0. The van der Waals surface area contributed by atoms with Crippen molar-refractivity contribution in [1.82, 2.24) is 0 Å². The molecule has 0 aliphatic heterocycles. The molecule has 1 N–H and O–H groups in total. The van der Waals surface area contributed by atoms with E-state index >= 15 is 0 Å².